The van der Waals surface area contributed by atoms with Crippen LogP contribution in [0.5, 0.6) is 5.88 Å². The first kappa shape index (κ1) is 34.2. The van der Waals surface area contributed by atoms with Crippen molar-refractivity contribution in [2.24, 2.45) is 0 Å². The molecule has 1 saturated heterocycles. The zero-order valence-electron chi connectivity index (χ0n) is 27.1. The molecule has 0 unspecified atom stereocenters. The first-order valence-electron chi connectivity index (χ1n) is 15.3. The fourth-order valence-corrected chi connectivity index (χ4v) is 5.59. The lowest BCUT2D eigenvalue weighted by molar-refractivity contribution is -0.137. The average molecular weight is 667 g/mol. The van der Waals surface area contributed by atoms with E-state index in [1.165, 1.54) is 18.7 Å². The van der Waals surface area contributed by atoms with Crippen LogP contribution in [0.1, 0.15) is 27.8 Å². The molecule has 1 aliphatic rings. The summed E-state index contributed by atoms with van der Waals surface area (Å²) in [5.74, 6) is 0.103. The van der Waals surface area contributed by atoms with Gasteiger partial charge in [0.25, 0.3) is 0 Å². The molecule has 1 aromatic heterocycles. The summed E-state index contributed by atoms with van der Waals surface area (Å²) >= 11 is 6.17. The van der Waals surface area contributed by atoms with Crippen LogP contribution < -0.4 is 15.0 Å². The molecule has 1 aliphatic heterocycles. The van der Waals surface area contributed by atoms with Gasteiger partial charge in [0.05, 0.1) is 22.0 Å². The van der Waals surface area contributed by atoms with Gasteiger partial charge in [0, 0.05) is 57.1 Å². The number of ether oxygens (including phenoxy) is 1. The molecule has 0 atom stereocenters. The Morgan fingerprint density at radius 2 is 1.66 bits per heavy atom. The van der Waals surface area contributed by atoms with E-state index in [1.807, 2.05) is 45.0 Å². The zero-order valence-corrected chi connectivity index (χ0v) is 27.8. The quantitative estimate of drug-likeness (QED) is 0.205. The van der Waals surface area contributed by atoms with E-state index in [-0.39, 0.29) is 22.5 Å². The van der Waals surface area contributed by atoms with Gasteiger partial charge in [-0.2, -0.15) is 18.2 Å². The molecule has 1 N–H and O–H groups in total. The number of nitrogens with one attached hydrogen (secondary N) is 1. The number of carbonyl (C=O) groups is 1. The number of nitrogens with zero attached hydrogens (tertiary/aromatic N) is 5. The van der Waals surface area contributed by atoms with E-state index < -0.39 is 17.8 Å². The number of hydrogen-bond donors (Lipinski definition) is 1. The first-order valence-corrected chi connectivity index (χ1v) is 15.7. The lowest BCUT2D eigenvalue weighted by Gasteiger charge is -2.32. The Morgan fingerprint density at radius 1 is 0.957 bits per heavy atom. The van der Waals surface area contributed by atoms with Gasteiger partial charge in [-0.25, -0.2) is 9.78 Å². The Kier molecular flexibility index (Phi) is 10.4. The highest BCUT2D eigenvalue weighted by atomic mass is 35.5. The molecule has 2 heterocycles. The number of aryl methyl sites for hydroxylation is 1. The van der Waals surface area contributed by atoms with E-state index in [1.54, 1.807) is 0 Å². The number of aromatic nitrogens is 2. The van der Waals surface area contributed by atoms with Gasteiger partial charge in [-0.05, 0) is 86.8 Å². The molecule has 47 heavy (non-hydrogen) atoms. The molecule has 0 aliphatic carbocycles. The molecule has 4 aromatic rings. The predicted molar refractivity (Wildman–Crippen MR) is 180 cm³/mol. The van der Waals surface area contributed by atoms with Crippen molar-refractivity contribution < 1.29 is 22.7 Å². The third kappa shape index (κ3) is 8.40. The SMILES string of the molecule is Cc1ccc(-c2cc(OC(=O)N(C)c3cc(C(F)(F)F)ccc3Cl)nc(Nc3ccc(CCN4CCN(C)CC4)cc3)n2)c(C)c1C. The Balaban J connectivity index is 1.39. The summed E-state index contributed by atoms with van der Waals surface area (Å²) in [7, 11) is 3.43. The number of carbonyl (C=O) groups excluding carboxylic acids is 1. The lowest BCUT2D eigenvalue weighted by atomic mass is 9.97. The van der Waals surface area contributed by atoms with E-state index in [4.69, 9.17) is 21.3 Å². The summed E-state index contributed by atoms with van der Waals surface area (Å²) in [6.07, 6.45) is -4.65. The van der Waals surface area contributed by atoms with Crippen molar-refractivity contribution in [2.45, 2.75) is 33.4 Å². The number of rotatable bonds is 8. The zero-order chi connectivity index (χ0) is 33.9. The molecule has 3 aromatic carbocycles. The molecule has 248 valence electrons. The summed E-state index contributed by atoms with van der Waals surface area (Å²) in [6.45, 7) is 11.3. The van der Waals surface area contributed by atoms with Crippen LogP contribution in [0.4, 0.5) is 35.3 Å². The molecule has 0 spiro atoms. The van der Waals surface area contributed by atoms with Crippen molar-refractivity contribution in [2.75, 3.05) is 57.0 Å². The number of amides is 1. The molecule has 1 amide bonds. The standard InChI is InChI=1S/C35H38ClF3N6O2/c1-22-6-12-28(24(3)23(22)2)30-21-32(47-34(46)44(5)31-20-26(35(37,38)39)9-13-29(31)36)42-33(41-30)40-27-10-7-25(8-11-27)14-15-45-18-16-43(4)17-19-45/h6-13,20-21H,14-19H2,1-5H3,(H,40,41,42). The van der Waals surface area contributed by atoms with E-state index >= 15 is 0 Å². The van der Waals surface area contributed by atoms with E-state index in [0.717, 1.165) is 90.2 Å². The molecule has 5 rings (SSSR count). The number of anilines is 3. The first-order chi connectivity index (χ1) is 22.3. The fourth-order valence-electron chi connectivity index (χ4n) is 5.35. The highest BCUT2D eigenvalue weighted by molar-refractivity contribution is 6.33. The van der Waals surface area contributed by atoms with Crippen LogP contribution in [0.3, 0.4) is 0 Å². The second kappa shape index (κ2) is 14.3. The van der Waals surface area contributed by atoms with Crippen molar-refractivity contribution >= 4 is 35.0 Å². The van der Waals surface area contributed by atoms with Crippen LogP contribution in [-0.4, -0.2) is 72.7 Å². The monoisotopic (exact) mass is 666 g/mol. The minimum absolute atomic E-state index is 0.0408. The lowest BCUT2D eigenvalue weighted by Crippen LogP contribution is -2.45. The van der Waals surface area contributed by atoms with Gasteiger partial charge in [0.1, 0.15) is 0 Å². The molecule has 0 radical (unpaired) electrons. The van der Waals surface area contributed by atoms with Crippen molar-refractivity contribution in [3.63, 3.8) is 0 Å². The maximum absolute atomic E-state index is 13.4. The van der Waals surface area contributed by atoms with Crippen LogP contribution in [0.15, 0.2) is 60.7 Å². The Bertz CT molecular complexity index is 1740. The predicted octanol–water partition coefficient (Wildman–Crippen LogP) is 7.91. The van der Waals surface area contributed by atoms with Crippen LogP contribution in [-0.2, 0) is 12.6 Å². The second-order valence-electron chi connectivity index (χ2n) is 11.9. The van der Waals surface area contributed by atoms with E-state index in [2.05, 4.69) is 39.3 Å². The summed E-state index contributed by atoms with van der Waals surface area (Å²) in [6, 6.07) is 16.2. The topological polar surface area (TPSA) is 73.8 Å². The summed E-state index contributed by atoms with van der Waals surface area (Å²) < 4.78 is 45.7. The Morgan fingerprint density at radius 3 is 2.34 bits per heavy atom. The number of hydrogen-bond acceptors (Lipinski definition) is 7. The Labute approximate surface area is 278 Å². The van der Waals surface area contributed by atoms with Crippen molar-refractivity contribution in [1.82, 2.24) is 19.8 Å². The van der Waals surface area contributed by atoms with E-state index in [0.29, 0.717) is 5.69 Å². The number of halogens is 4. The molecular formula is C35H38ClF3N6O2. The summed E-state index contributed by atoms with van der Waals surface area (Å²) in [4.78, 5) is 28.1. The van der Waals surface area contributed by atoms with Gasteiger partial charge in [-0.15, -0.1) is 0 Å². The van der Waals surface area contributed by atoms with Gasteiger partial charge in [-0.1, -0.05) is 35.9 Å². The fraction of sp³-hybridized carbons (Fsp3) is 0.343. The highest BCUT2D eigenvalue weighted by Crippen LogP contribution is 2.36. The molecule has 0 bridgehead atoms. The van der Waals surface area contributed by atoms with Crippen molar-refractivity contribution in [3.05, 3.63) is 93.5 Å². The molecule has 8 nitrogen and oxygen atoms in total. The smallest absolute Gasteiger partial charge is 0.391 e. The van der Waals surface area contributed by atoms with Gasteiger partial charge >= 0.3 is 12.3 Å². The molecule has 12 heteroatoms. The second-order valence-corrected chi connectivity index (χ2v) is 12.3. The van der Waals surface area contributed by atoms with Crippen LogP contribution in [0, 0.1) is 20.8 Å². The maximum Gasteiger partial charge on any atom is 0.420 e. The number of alkyl halides is 3. The minimum atomic E-state index is -4.61. The summed E-state index contributed by atoms with van der Waals surface area (Å²) in [5, 5.41) is 3.17. The maximum atomic E-state index is 13.4. The van der Waals surface area contributed by atoms with Gasteiger partial charge < -0.3 is 19.9 Å². The van der Waals surface area contributed by atoms with Crippen molar-refractivity contribution in [3.8, 4) is 17.1 Å². The molecule has 1 fully saturated rings. The normalized spacial score (nSPS) is 14.2. The average Bonchev–Trinajstić information content (AvgIpc) is 3.03. The van der Waals surface area contributed by atoms with Crippen molar-refractivity contribution in [1.29, 1.82) is 0 Å². The van der Waals surface area contributed by atoms with Gasteiger partial charge in [0.2, 0.25) is 11.8 Å². The molecule has 0 saturated carbocycles. The Hall–Kier alpha value is -4.19. The van der Waals surface area contributed by atoms with Crippen LogP contribution in [0.2, 0.25) is 5.02 Å². The van der Waals surface area contributed by atoms with Crippen LogP contribution in [0.25, 0.3) is 11.3 Å². The largest absolute Gasteiger partial charge is 0.420 e. The number of likely N-dealkylation sites (N-methyl/N-ethyl adjacent to an activating group) is 1. The van der Waals surface area contributed by atoms with Crippen LogP contribution >= 0.6 is 11.6 Å². The third-order valence-corrected chi connectivity index (χ3v) is 8.98. The number of benzene rings is 3. The summed E-state index contributed by atoms with van der Waals surface area (Å²) in [5.41, 5.74) is 5.41. The molecular weight excluding hydrogens is 629 g/mol. The number of piperazine rings is 1. The minimum Gasteiger partial charge on any atom is -0.391 e. The van der Waals surface area contributed by atoms with E-state index in [9.17, 15) is 18.0 Å². The third-order valence-electron chi connectivity index (χ3n) is 8.66. The highest BCUT2D eigenvalue weighted by Gasteiger charge is 2.32. The van der Waals surface area contributed by atoms with Gasteiger partial charge in [-0.3, -0.25) is 4.90 Å². The van der Waals surface area contributed by atoms with Gasteiger partial charge in [0.15, 0.2) is 0 Å².